The molecule has 0 atom stereocenters. The predicted octanol–water partition coefficient (Wildman–Crippen LogP) is 1.43. The van der Waals surface area contributed by atoms with E-state index in [1.54, 1.807) is 24.3 Å². The number of amides is 3. The van der Waals surface area contributed by atoms with Crippen molar-refractivity contribution in [2.75, 3.05) is 31.6 Å². The van der Waals surface area contributed by atoms with Crippen LogP contribution in [0.15, 0.2) is 12.4 Å². The van der Waals surface area contributed by atoms with Crippen LogP contribution in [0.3, 0.4) is 0 Å². The number of anilines is 1. The standard InChI is InChI=1S/C19H23N5O3S/c1-3-24-16(26)11-22(2)18(27)17-13-6-7-23(10-14(13)28-19(17)24)15(25)5-4-12-8-20-21-9-12/h8-9H,3-7,10-11H2,1-2H3,(H,20,21). The Morgan fingerprint density at radius 3 is 2.86 bits per heavy atom. The number of carbonyl (C=O) groups excluding carboxylic acids is 3. The van der Waals surface area contributed by atoms with E-state index < -0.39 is 0 Å². The molecule has 0 aromatic carbocycles. The molecule has 4 rings (SSSR count). The highest BCUT2D eigenvalue weighted by molar-refractivity contribution is 7.17. The minimum Gasteiger partial charge on any atom is -0.337 e. The van der Waals surface area contributed by atoms with E-state index in [1.807, 2.05) is 11.8 Å². The van der Waals surface area contributed by atoms with Crippen molar-refractivity contribution in [2.45, 2.75) is 32.7 Å². The molecule has 0 radical (unpaired) electrons. The second-order valence-corrected chi connectivity index (χ2v) is 8.24. The fourth-order valence-electron chi connectivity index (χ4n) is 3.82. The molecular weight excluding hydrogens is 378 g/mol. The van der Waals surface area contributed by atoms with Gasteiger partial charge in [-0.05, 0) is 30.9 Å². The fourth-order valence-corrected chi connectivity index (χ4v) is 5.26. The van der Waals surface area contributed by atoms with Crippen LogP contribution >= 0.6 is 11.3 Å². The number of likely N-dealkylation sites (N-methyl/N-ethyl adjacent to an activating group) is 2. The minimum atomic E-state index is -0.100. The van der Waals surface area contributed by atoms with Crippen LogP contribution in [-0.4, -0.2) is 64.4 Å². The van der Waals surface area contributed by atoms with Crippen molar-refractivity contribution < 1.29 is 14.4 Å². The molecule has 2 aliphatic rings. The van der Waals surface area contributed by atoms with E-state index in [2.05, 4.69) is 10.2 Å². The van der Waals surface area contributed by atoms with Gasteiger partial charge in [-0.1, -0.05) is 0 Å². The van der Waals surface area contributed by atoms with Crippen molar-refractivity contribution in [3.63, 3.8) is 0 Å². The van der Waals surface area contributed by atoms with Gasteiger partial charge in [-0.25, -0.2) is 0 Å². The first kappa shape index (κ1) is 18.7. The van der Waals surface area contributed by atoms with Gasteiger partial charge >= 0.3 is 0 Å². The van der Waals surface area contributed by atoms with Crippen LogP contribution in [0.2, 0.25) is 0 Å². The number of hydrogen-bond donors (Lipinski definition) is 1. The molecule has 9 heteroatoms. The molecule has 148 valence electrons. The van der Waals surface area contributed by atoms with Crippen molar-refractivity contribution in [3.8, 4) is 0 Å². The number of nitrogens with one attached hydrogen (secondary N) is 1. The highest BCUT2D eigenvalue weighted by Crippen LogP contribution is 2.41. The Balaban J connectivity index is 1.57. The predicted molar refractivity (Wildman–Crippen MR) is 105 cm³/mol. The SMILES string of the molecule is CCN1C(=O)CN(C)C(=O)c2c1sc1c2CCN(C(=O)CCc2cn[nH]c2)C1. The monoisotopic (exact) mass is 401 g/mol. The van der Waals surface area contributed by atoms with Gasteiger partial charge in [0.1, 0.15) is 11.5 Å². The summed E-state index contributed by atoms with van der Waals surface area (Å²) >= 11 is 1.48. The third kappa shape index (κ3) is 3.19. The lowest BCUT2D eigenvalue weighted by Crippen LogP contribution is -2.38. The lowest BCUT2D eigenvalue weighted by atomic mass is 10.0. The summed E-state index contributed by atoms with van der Waals surface area (Å²) in [7, 11) is 1.67. The third-order valence-corrected chi connectivity index (χ3v) is 6.61. The molecule has 1 N–H and O–H groups in total. The second kappa shape index (κ2) is 7.38. The Hall–Kier alpha value is -2.68. The third-order valence-electron chi connectivity index (χ3n) is 5.37. The normalized spacial score (nSPS) is 16.9. The number of thiophene rings is 1. The number of hydrogen-bond acceptors (Lipinski definition) is 5. The van der Waals surface area contributed by atoms with Crippen LogP contribution in [0.1, 0.15) is 39.7 Å². The molecule has 0 aliphatic carbocycles. The Morgan fingerprint density at radius 1 is 1.32 bits per heavy atom. The molecular formula is C19H23N5O3S. The molecule has 3 amide bonds. The largest absolute Gasteiger partial charge is 0.337 e. The zero-order valence-electron chi connectivity index (χ0n) is 16.0. The van der Waals surface area contributed by atoms with Crippen LogP contribution in [-0.2, 0) is 29.0 Å². The zero-order valence-corrected chi connectivity index (χ0v) is 16.8. The summed E-state index contributed by atoms with van der Waals surface area (Å²) in [5, 5.41) is 7.40. The summed E-state index contributed by atoms with van der Waals surface area (Å²) in [6.07, 6.45) is 5.26. The highest BCUT2D eigenvalue weighted by Gasteiger charge is 2.36. The van der Waals surface area contributed by atoms with Gasteiger partial charge in [0.2, 0.25) is 11.8 Å². The first-order valence-corrected chi connectivity index (χ1v) is 10.3. The average Bonchev–Trinajstić information content (AvgIpc) is 3.31. The summed E-state index contributed by atoms with van der Waals surface area (Å²) in [6.45, 7) is 3.64. The number of aromatic amines is 1. The number of rotatable bonds is 4. The van der Waals surface area contributed by atoms with Gasteiger partial charge in [0.05, 0.1) is 18.3 Å². The molecule has 2 aromatic rings. The molecule has 0 bridgehead atoms. The van der Waals surface area contributed by atoms with Crippen molar-refractivity contribution in [3.05, 3.63) is 34.0 Å². The molecule has 2 aromatic heterocycles. The topological polar surface area (TPSA) is 89.6 Å². The summed E-state index contributed by atoms with van der Waals surface area (Å²) < 4.78 is 0. The highest BCUT2D eigenvalue weighted by atomic mass is 32.1. The molecule has 0 saturated heterocycles. The number of carbonyl (C=O) groups is 3. The van der Waals surface area contributed by atoms with Gasteiger partial charge in [0.25, 0.3) is 5.91 Å². The van der Waals surface area contributed by atoms with E-state index in [4.69, 9.17) is 0 Å². The quantitative estimate of drug-likeness (QED) is 0.839. The van der Waals surface area contributed by atoms with Gasteiger partial charge < -0.3 is 14.7 Å². The van der Waals surface area contributed by atoms with Gasteiger partial charge in [0, 0.05) is 37.6 Å². The maximum atomic E-state index is 12.9. The minimum absolute atomic E-state index is 0.0660. The van der Waals surface area contributed by atoms with Crippen molar-refractivity contribution in [2.24, 2.45) is 0 Å². The van der Waals surface area contributed by atoms with Crippen molar-refractivity contribution in [1.29, 1.82) is 0 Å². The Bertz CT molecular complexity index is 920. The van der Waals surface area contributed by atoms with E-state index in [0.717, 1.165) is 21.0 Å². The van der Waals surface area contributed by atoms with Crippen LogP contribution in [0.4, 0.5) is 5.00 Å². The maximum absolute atomic E-state index is 12.9. The summed E-state index contributed by atoms with van der Waals surface area (Å²) in [5.74, 6) is -0.0670. The molecule has 4 heterocycles. The first-order chi connectivity index (χ1) is 13.5. The second-order valence-electron chi connectivity index (χ2n) is 7.16. The first-order valence-electron chi connectivity index (χ1n) is 9.45. The van der Waals surface area contributed by atoms with E-state index in [-0.39, 0.29) is 24.3 Å². The van der Waals surface area contributed by atoms with Gasteiger partial charge in [-0.15, -0.1) is 11.3 Å². The molecule has 28 heavy (non-hydrogen) atoms. The average molecular weight is 401 g/mol. The lowest BCUT2D eigenvalue weighted by molar-refractivity contribution is -0.132. The molecule has 0 unspecified atom stereocenters. The van der Waals surface area contributed by atoms with Crippen LogP contribution in [0, 0.1) is 0 Å². The van der Waals surface area contributed by atoms with Gasteiger partial charge in [-0.2, -0.15) is 5.10 Å². The summed E-state index contributed by atoms with van der Waals surface area (Å²) in [4.78, 5) is 44.1. The van der Waals surface area contributed by atoms with Crippen LogP contribution in [0.25, 0.3) is 0 Å². The van der Waals surface area contributed by atoms with E-state index in [0.29, 0.717) is 44.5 Å². The molecule has 0 fully saturated rings. The molecule has 8 nitrogen and oxygen atoms in total. The number of nitrogens with zero attached hydrogens (tertiary/aromatic N) is 4. The fraction of sp³-hybridized carbons (Fsp3) is 0.474. The van der Waals surface area contributed by atoms with Crippen molar-refractivity contribution >= 4 is 34.1 Å². The number of H-pyrrole nitrogens is 1. The number of aryl methyl sites for hydroxylation is 1. The van der Waals surface area contributed by atoms with Crippen molar-refractivity contribution in [1.82, 2.24) is 20.0 Å². The zero-order chi connectivity index (χ0) is 19.8. The van der Waals surface area contributed by atoms with Crippen LogP contribution < -0.4 is 4.90 Å². The Morgan fingerprint density at radius 2 is 2.14 bits per heavy atom. The van der Waals surface area contributed by atoms with E-state index in [9.17, 15) is 14.4 Å². The number of aromatic nitrogens is 2. The Labute approximate surface area is 167 Å². The molecule has 0 saturated carbocycles. The maximum Gasteiger partial charge on any atom is 0.257 e. The number of fused-ring (bicyclic) bond motifs is 3. The summed E-state index contributed by atoms with van der Waals surface area (Å²) in [5.41, 5.74) is 2.67. The Kier molecular flexibility index (Phi) is 4.92. The smallest absolute Gasteiger partial charge is 0.257 e. The van der Waals surface area contributed by atoms with E-state index >= 15 is 0 Å². The van der Waals surface area contributed by atoms with Crippen LogP contribution in [0.5, 0.6) is 0 Å². The lowest BCUT2D eigenvalue weighted by Gasteiger charge is -2.27. The molecule has 2 aliphatic heterocycles. The summed E-state index contributed by atoms with van der Waals surface area (Å²) in [6, 6.07) is 0. The van der Waals surface area contributed by atoms with Gasteiger partial charge in [0.15, 0.2) is 0 Å². The molecule has 0 spiro atoms. The van der Waals surface area contributed by atoms with Gasteiger partial charge in [-0.3, -0.25) is 19.5 Å². The van der Waals surface area contributed by atoms with E-state index in [1.165, 1.54) is 16.2 Å².